The molecular formula is C24H22FNO7S. The number of hydrogen-bond acceptors (Lipinski definition) is 7. The Hall–Kier alpha value is -3.08. The van der Waals surface area contributed by atoms with E-state index in [9.17, 15) is 22.4 Å². The summed E-state index contributed by atoms with van der Waals surface area (Å²) < 4.78 is 57.2. The smallest absolute Gasteiger partial charge is 0.338 e. The van der Waals surface area contributed by atoms with Gasteiger partial charge in [0, 0.05) is 30.1 Å². The molecule has 2 aromatic carbocycles. The SMILES string of the molecule is O=C(OCc1cc(=O)oc2cc3c(cc12)CCC3)c1ccc(F)c(S(=O)(=O)N2CCOCC2)c1. The Bertz CT molecular complexity index is 1440. The van der Waals surface area contributed by atoms with Crippen molar-refractivity contribution in [1.29, 1.82) is 0 Å². The van der Waals surface area contributed by atoms with Gasteiger partial charge in [-0.2, -0.15) is 4.31 Å². The molecule has 0 radical (unpaired) electrons. The molecule has 5 rings (SSSR count). The van der Waals surface area contributed by atoms with E-state index in [0.29, 0.717) is 16.5 Å². The van der Waals surface area contributed by atoms with Gasteiger partial charge in [0.1, 0.15) is 22.9 Å². The number of fused-ring (bicyclic) bond motifs is 2. The number of carbonyl (C=O) groups excluding carboxylic acids is 1. The number of nitrogens with zero attached hydrogens (tertiary/aromatic N) is 1. The molecule has 0 unspecified atom stereocenters. The summed E-state index contributed by atoms with van der Waals surface area (Å²) in [5, 5.41) is 0.683. The Labute approximate surface area is 194 Å². The van der Waals surface area contributed by atoms with Crippen molar-refractivity contribution in [2.45, 2.75) is 30.8 Å². The molecule has 0 bridgehead atoms. The van der Waals surface area contributed by atoms with Gasteiger partial charge < -0.3 is 13.9 Å². The van der Waals surface area contributed by atoms with Crippen molar-refractivity contribution >= 4 is 27.0 Å². The summed E-state index contributed by atoms with van der Waals surface area (Å²) in [5.41, 5.74) is 2.56. The van der Waals surface area contributed by atoms with E-state index >= 15 is 0 Å². The summed E-state index contributed by atoms with van der Waals surface area (Å²) in [4.78, 5) is 24.2. The van der Waals surface area contributed by atoms with E-state index in [1.165, 1.54) is 17.7 Å². The molecule has 1 aliphatic carbocycles. The first kappa shape index (κ1) is 22.7. The Kier molecular flexibility index (Phi) is 5.97. The predicted molar refractivity (Wildman–Crippen MR) is 120 cm³/mol. The number of hydrogen-bond donors (Lipinski definition) is 0. The molecule has 3 aromatic rings. The van der Waals surface area contributed by atoms with Crippen molar-refractivity contribution in [3.8, 4) is 0 Å². The molecule has 1 aliphatic heterocycles. The number of halogens is 1. The van der Waals surface area contributed by atoms with Crippen LogP contribution in [0.3, 0.4) is 0 Å². The number of esters is 1. The number of sulfonamides is 1. The highest BCUT2D eigenvalue weighted by Gasteiger charge is 2.30. The zero-order valence-corrected chi connectivity index (χ0v) is 19.0. The minimum Gasteiger partial charge on any atom is -0.457 e. The highest BCUT2D eigenvalue weighted by Crippen LogP contribution is 2.29. The number of aryl methyl sites for hydroxylation is 2. The molecule has 8 nitrogen and oxygen atoms in total. The quantitative estimate of drug-likeness (QED) is 0.403. The summed E-state index contributed by atoms with van der Waals surface area (Å²) >= 11 is 0. The monoisotopic (exact) mass is 487 g/mol. The van der Waals surface area contributed by atoms with Gasteiger partial charge in [-0.15, -0.1) is 0 Å². The lowest BCUT2D eigenvalue weighted by Crippen LogP contribution is -2.41. The molecule has 1 saturated heterocycles. The first-order valence-corrected chi connectivity index (χ1v) is 12.4. The van der Waals surface area contributed by atoms with Crippen molar-refractivity contribution in [2.24, 2.45) is 0 Å². The minimum absolute atomic E-state index is 0.101. The normalized spacial score (nSPS) is 16.5. The van der Waals surface area contributed by atoms with Gasteiger partial charge in [-0.1, -0.05) is 0 Å². The van der Waals surface area contributed by atoms with Crippen LogP contribution in [0.25, 0.3) is 11.0 Å². The van der Waals surface area contributed by atoms with Crippen molar-refractivity contribution in [3.05, 3.63) is 74.9 Å². The van der Waals surface area contributed by atoms with Crippen LogP contribution in [-0.2, 0) is 38.9 Å². The summed E-state index contributed by atoms with van der Waals surface area (Å²) in [7, 11) is -4.14. The summed E-state index contributed by atoms with van der Waals surface area (Å²) in [5.74, 6) is -1.79. The van der Waals surface area contributed by atoms with Crippen LogP contribution in [-0.4, -0.2) is 45.0 Å². The molecule has 2 aliphatic rings. The lowest BCUT2D eigenvalue weighted by Gasteiger charge is -2.26. The molecule has 1 fully saturated rings. The summed E-state index contributed by atoms with van der Waals surface area (Å²) in [6, 6.07) is 8.16. The molecule has 0 N–H and O–H groups in total. The second kappa shape index (κ2) is 8.94. The molecule has 178 valence electrons. The second-order valence-electron chi connectivity index (χ2n) is 8.30. The van der Waals surface area contributed by atoms with Gasteiger partial charge in [-0.3, -0.25) is 0 Å². The number of benzene rings is 2. The van der Waals surface area contributed by atoms with Crippen LogP contribution in [0.15, 0.2) is 50.5 Å². The van der Waals surface area contributed by atoms with Crippen LogP contribution < -0.4 is 5.63 Å². The summed E-state index contributed by atoms with van der Waals surface area (Å²) in [6.07, 6.45) is 2.88. The van der Waals surface area contributed by atoms with Gasteiger partial charge in [0.2, 0.25) is 10.0 Å². The fourth-order valence-corrected chi connectivity index (χ4v) is 5.89. The fraction of sp³-hybridized carbons (Fsp3) is 0.333. The van der Waals surface area contributed by atoms with Gasteiger partial charge in [0.15, 0.2) is 0 Å². The van der Waals surface area contributed by atoms with Crippen LogP contribution in [0.2, 0.25) is 0 Å². The minimum atomic E-state index is -4.14. The van der Waals surface area contributed by atoms with E-state index in [1.807, 2.05) is 12.1 Å². The zero-order chi connectivity index (χ0) is 23.9. The number of rotatable bonds is 5. The van der Waals surface area contributed by atoms with Crippen LogP contribution in [0.5, 0.6) is 0 Å². The standard InChI is InChI=1S/C24H22FNO7S/c25-20-5-4-17(12-22(20)34(29,30)26-6-8-31-9-7-26)24(28)32-14-18-13-23(27)33-21-11-16-3-1-2-15(16)10-19(18)21/h4-5,10-13H,1-3,6-9,14H2. The lowest BCUT2D eigenvalue weighted by atomic mass is 10.0. The third-order valence-corrected chi connectivity index (χ3v) is 8.07. The molecule has 10 heteroatoms. The summed E-state index contributed by atoms with van der Waals surface area (Å²) in [6.45, 7) is 0.409. The Balaban J connectivity index is 1.40. The van der Waals surface area contributed by atoms with Crippen LogP contribution in [0.4, 0.5) is 4.39 Å². The van der Waals surface area contributed by atoms with Crippen molar-refractivity contribution in [3.63, 3.8) is 0 Å². The molecule has 2 heterocycles. The van der Waals surface area contributed by atoms with E-state index in [0.717, 1.165) is 41.3 Å². The zero-order valence-electron chi connectivity index (χ0n) is 18.2. The van der Waals surface area contributed by atoms with Crippen LogP contribution >= 0.6 is 0 Å². The number of carbonyl (C=O) groups is 1. The maximum atomic E-state index is 14.4. The molecule has 1 aromatic heterocycles. The van der Waals surface area contributed by atoms with Crippen molar-refractivity contribution in [2.75, 3.05) is 26.3 Å². The highest BCUT2D eigenvalue weighted by molar-refractivity contribution is 7.89. The van der Waals surface area contributed by atoms with Crippen LogP contribution in [0, 0.1) is 5.82 Å². The lowest BCUT2D eigenvalue weighted by molar-refractivity contribution is 0.0473. The number of morpholine rings is 1. The maximum Gasteiger partial charge on any atom is 0.338 e. The average molecular weight is 488 g/mol. The first-order chi connectivity index (χ1) is 16.3. The third-order valence-electron chi connectivity index (χ3n) is 6.16. The largest absolute Gasteiger partial charge is 0.457 e. The van der Waals surface area contributed by atoms with Gasteiger partial charge in [0.05, 0.1) is 18.8 Å². The molecule has 34 heavy (non-hydrogen) atoms. The second-order valence-corrected chi connectivity index (χ2v) is 10.2. The maximum absolute atomic E-state index is 14.4. The van der Waals surface area contributed by atoms with Crippen molar-refractivity contribution in [1.82, 2.24) is 4.31 Å². The first-order valence-electron chi connectivity index (χ1n) is 11.0. The third kappa shape index (κ3) is 4.24. The Morgan fingerprint density at radius 3 is 2.56 bits per heavy atom. The van der Waals surface area contributed by atoms with Gasteiger partial charge in [-0.05, 0) is 60.7 Å². The topological polar surface area (TPSA) is 103 Å². The van der Waals surface area contributed by atoms with Gasteiger partial charge in [-0.25, -0.2) is 22.4 Å². The van der Waals surface area contributed by atoms with E-state index in [2.05, 4.69) is 0 Å². The Morgan fingerprint density at radius 1 is 1.06 bits per heavy atom. The molecular weight excluding hydrogens is 465 g/mol. The fourth-order valence-electron chi connectivity index (χ4n) is 4.39. The molecule has 0 saturated carbocycles. The molecule has 0 amide bonds. The van der Waals surface area contributed by atoms with E-state index in [4.69, 9.17) is 13.9 Å². The number of ether oxygens (including phenoxy) is 2. The molecule has 0 atom stereocenters. The highest BCUT2D eigenvalue weighted by atomic mass is 32.2. The predicted octanol–water partition coefficient (Wildman–Crippen LogP) is 2.80. The van der Waals surface area contributed by atoms with Gasteiger partial charge >= 0.3 is 11.6 Å². The van der Waals surface area contributed by atoms with E-state index < -0.39 is 32.3 Å². The van der Waals surface area contributed by atoms with Gasteiger partial charge in [0.25, 0.3) is 0 Å². The van der Waals surface area contributed by atoms with Crippen molar-refractivity contribution < 1.29 is 31.5 Å². The van der Waals surface area contributed by atoms with E-state index in [1.54, 1.807) is 0 Å². The van der Waals surface area contributed by atoms with E-state index in [-0.39, 0.29) is 38.5 Å². The van der Waals surface area contributed by atoms with Crippen LogP contribution in [0.1, 0.15) is 33.5 Å². The Morgan fingerprint density at radius 2 is 1.79 bits per heavy atom. The average Bonchev–Trinajstić information content (AvgIpc) is 3.29. The molecule has 0 spiro atoms.